The fraction of sp³-hybridized carbons (Fsp3) is 0.909. The van der Waals surface area contributed by atoms with Crippen LogP contribution in [0.2, 0.25) is 0 Å². The number of amides is 2. The SMILES string of the molecule is COCCCCCCC1NC(=O)NC1C. The van der Waals surface area contributed by atoms with Crippen molar-refractivity contribution in [1.29, 1.82) is 0 Å². The van der Waals surface area contributed by atoms with Gasteiger partial charge in [0, 0.05) is 19.8 Å². The van der Waals surface area contributed by atoms with Crippen molar-refractivity contribution >= 4 is 6.03 Å². The molecular formula is C11H22N2O2. The lowest BCUT2D eigenvalue weighted by Crippen LogP contribution is -2.30. The summed E-state index contributed by atoms with van der Waals surface area (Å²) >= 11 is 0. The number of rotatable bonds is 7. The van der Waals surface area contributed by atoms with Gasteiger partial charge in [0.25, 0.3) is 0 Å². The monoisotopic (exact) mass is 214 g/mol. The van der Waals surface area contributed by atoms with Gasteiger partial charge in [0.2, 0.25) is 0 Å². The van der Waals surface area contributed by atoms with Crippen LogP contribution in [-0.2, 0) is 4.74 Å². The average Bonchev–Trinajstić information content (AvgIpc) is 2.51. The van der Waals surface area contributed by atoms with Crippen molar-refractivity contribution in [3.05, 3.63) is 0 Å². The van der Waals surface area contributed by atoms with E-state index < -0.39 is 0 Å². The zero-order chi connectivity index (χ0) is 11.1. The fourth-order valence-corrected chi connectivity index (χ4v) is 1.93. The number of hydrogen-bond acceptors (Lipinski definition) is 2. The van der Waals surface area contributed by atoms with E-state index in [1.54, 1.807) is 7.11 Å². The summed E-state index contributed by atoms with van der Waals surface area (Å²) in [7, 11) is 1.74. The summed E-state index contributed by atoms with van der Waals surface area (Å²) in [4.78, 5) is 11.0. The third-order valence-corrected chi connectivity index (χ3v) is 2.89. The highest BCUT2D eigenvalue weighted by Crippen LogP contribution is 2.11. The first-order chi connectivity index (χ1) is 7.24. The van der Waals surface area contributed by atoms with Crippen molar-refractivity contribution in [1.82, 2.24) is 10.6 Å². The highest BCUT2D eigenvalue weighted by molar-refractivity contribution is 5.77. The molecule has 0 spiro atoms. The Morgan fingerprint density at radius 3 is 2.53 bits per heavy atom. The molecule has 2 atom stereocenters. The van der Waals surface area contributed by atoms with Crippen molar-refractivity contribution in [2.45, 2.75) is 51.1 Å². The van der Waals surface area contributed by atoms with Crippen LogP contribution in [0, 0.1) is 0 Å². The molecule has 0 aromatic rings. The number of carbonyl (C=O) groups is 1. The van der Waals surface area contributed by atoms with Gasteiger partial charge in [-0.3, -0.25) is 0 Å². The summed E-state index contributed by atoms with van der Waals surface area (Å²) in [5, 5.41) is 5.79. The number of carbonyl (C=O) groups excluding carboxylic acids is 1. The minimum atomic E-state index is -0.0214. The maximum absolute atomic E-state index is 11.0. The second-order valence-electron chi connectivity index (χ2n) is 4.21. The average molecular weight is 214 g/mol. The summed E-state index contributed by atoms with van der Waals surface area (Å²) in [5.74, 6) is 0. The Bertz CT molecular complexity index is 197. The first kappa shape index (κ1) is 12.3. The van der Waals surface area contributed by atoms with Crippen LogP contribution in [0.5, 0.6) is 0 Å². The van der Waals surface area contributed by atoms with E-state index in [4.69, 9.17) is 4.74 Å². The summed E-state index contributed by atoms with van der Waals surface area (Å²) in [6.07, 6.45) is 5.84. The van der Waals surface area contributed by atoms with E-state index in [2.05, 4.69) is 10.6 Å². The van der Waals surface area contributed by atoms with Crippen LogP contribution in [0.25, 0.3) is 0 Å². The number of unbranched alkanes of at least 4 members (excludes halogenated alkanes) is 3. The molecule has 0 aromatic heterocycles. The van der Waals surface area contributed by atoms with Crippen LogP contribution in [-0.4, -0.2) is 31.8 Å². The first-order valence-corrected chi connectivity index (χ1v) is 5.80. The molecule has 15 heavy (non-hydrogen) atoms. The molecule has 1 saturated heterocycles. The van der Waals surface area contributed by atoms with Gasteiger partial charge in [0.1, 0.15) is 0 Å². The summed E-state index contributed by atoms with van der Waals surface area (Å²) in [6, 6.07) is 0.572. The summed E-state index contributed by atoms with van der Waals surface area (Å²) in [5.41, 5.74) is 0. The maximum Gasteiger partial charge on any atom is 0.315 e. The third kappa shape index (κ3) is 4.51. The molecule has 0 aromatic carbocycles. The molecule has 1 fully saturated rings. The highest BCUT2D eigenvalue weighted by Gasteiger charge is 2.26. The molecule has 1 aliphatic heterocycles. The van der Waals surface area contributed by atoms with Gasteiger partial charge >= 0.3 is 6.03 Å². The van der Waals surface area contributed by atoms with E-state index in [-0.39, 0.29) is 12.1 Å². The van der Waals surface area contributed by atoms with E-state index in [1.807, 2.05) is 6.92 Å². The molecule has 4 nitrogen and oxygen atoms in total. The molecule has 88 valence electrons. The van der Waals surface area contributed by atoms with Crippen LogP contribution in [0.3, 0.4) is 0 Å². The van der Waals surface area contributed by atoms with Crippen LogP contribution in [0.4, 0.5) is 4.79 Å². The molecular weight excluding hydrogens is 192 g/mol. The zero-order valence-corrected chi connectivity index (χ0v) is 9.71. The van der Waals surface area contributed by atoms with E-state index in [9.17, 15) is 4.79 Å². The second-order valence-corrected chi connectivity index (χ2v) is 4.21. The van der Waals surface area contributed by atoms with Crippen molar-refractivity contribution in [2.24, 2.45) is 0 Å². The molecule has 2 unspecified atom stereocenters. The predicted molar refractivity (Wildman–Crippen MR) is 59.9 cm³/mol. The Kier molecular flexibility index (Phi) is 5.47. The van der Waals surface area contributed by atoms with Crippen LogP contribution < -0.4 is 10.6 Å². The molecule has 1 aliphatic rings. The van der Waals surface area contributed by atoms with E-state index in [0.717, 1.165) is 19.4 Å². The highest BCUT2D eigenvalue weighted by atomic mass is 16.5. The Hall–Kier alpha value is -0.770. The number of urea groups is 1. The quantitative estimate of drug-likeness (QED) is 0.633. The summed E-state index contributed by atoms with van der Waals surface area (Å²) in [6.45, 7) is 2.91. The largest absolute Gasteiger partial charge is 0.385 e. The molecule has 0 radical (unpaired) electrons. The summed E-state index contributed by atoms with van der Waals surface area (Å²) < 4.78 is 4.99. The molecule has 1 rings (SSSR count). The lowest BCUT2D eigenvalue weighted by Gasteiger charge is -2.13. The number of hydrogen-bond donors (Lipinski definition) is 2. The van der Waals surface area contributed by atoms with E-state index in [0.29, 0.717) is 6.04 Å². The number of ether oxygens (including phenoxy) is 1. The van der Waals surface area contributed by atoms with Crippen molar-refractivity contribution in [2.75, 3.05) is 13.7 Å². The lowest BCUT2D eigenvalue weighted by atomic mass is 10.0. The molecule has 2 N–H and O–H groups in total. The smallest absolute Gasteiger partial charge is 0.315 e. The first-order valence-electron chi connectivity index (χ1n) is 5.80. The van der Waals surface area contributed by atoms with E-state index >= 15 is 0 Å². The van der Waals surface area contributed by atoms with Gasteiger partial charge < -0.3 is 15.4 Å². The van der Waals surface area contributed by atoms with Gasteiger partial charge in [-0.15, -0.1) is 0 Å². The van der Waals surface area contributed by atoms with Crippen LogP contribution in [0.15, 0.2) is 0 Å². The third-order valence-electron chi connectivity index (χ3n) is 2.89. The predicted octanol–water partition coefficient (Wildman–Crippen LogP) is 1.65. The van der Waals surface area contributed by atoms with Gasteiger partial charge in [-0.25, -0.2) is 4.79 Å². The minimum Gasteiger partial charge on any atom is -0.385 e. The van der Waals surface area contributed by atoms with E-state index in [1.165, 1.54) is 19.3 Å². The second kappa shape index (κ2) is 6.67. The van der Waals surface area contributed by atoms with Gasteiger partial charge in [-0.05, 0) is 19.8 Å². The Balaban J connectivity index is 1.98. The number of methoxy groups -OCH3 is 1. The molecule has 1 heterocycles. The van der Waals surface area contributed by atoms with Crippen molar-refractivity contribution in [3.63, 3.8) is 0 Å². The van der Waals surface area contributed by atoms with Crippen LogP contribution >= 0.6 is 0 Å². The van der Waals surface area contributed by atoms with Gasteiger partial charge in [0.15, 0.2) is 0 Å². The number of nitrogens with one attached hydrogen (secondary N) is 2. The normalized spacial score (nSPS) is 25.1. The minimum absolute atomic E-state index is 0.0214. The lowest BCUT2D eigenvalue weighted by molar-refractivity contribution is 0.191. The van der Waals surface area contributed by atoms with Gasteiger partial charge in [0.05, 0.1) is 6.04 Å². The molecule has 0 saturated carbocycles. The van der Waals surface area contributed by atoms with Gasteiger partial charge in [-0.1, -0.05) is 19.3 Å². The Morgan fingerprint density at radius 1 is 1.20 bits per heavy atom. The fourth-order valence-electron chi connectivity index (χ4n) is 1.93. The molecule has 0 aliphatic carbocycles. The standard InChI is InChI=1S/C11H22N2O2/c1-9-10(13-11(14)12-9)7-5-3-4-6-8-15-2/h9-10H,3-8H2,1-2H3,(H2,12,13,14). The molecule has 0 bridgehead atoms. The maximum atomic E-state index is 11.0. The Morgan fingerprint density at radius 2 is 1.93 bits per heavy atom. The topological polar surface area (TPSA) is 50.4 Å². The van der Waals surface area contributed by atoms with Crippen molar-refractivity contribution < 1.29 is 9.53 Å². The zero-order valence-electron chi connectivity index (χ0n) is 9.71. The van der Waals surface area contributed by atoms with Crippen molar-refractivity contribution in [3.8, 4) is 0 Å². The Labute approximate surface area is 91.8 Å². The molecule has 4 heteroatoms. The van der Waals surface area contributed by atoms with Crippen LogP contribution in [0.1, 0.15) is 39.0 Å². The molecule has 2 amide bonds. The van der Waals surface area contributed by atoms with Gasteiger partial charge in [-0.2, -0.15) is 0 Å².